The summed E-state index contributed by atoms with van der Waals surface area (Å²) >= 11 is 0. The maximum absolute atomic E-state index is 5.96. The van der Waals surface area contributed by atoms with Crippen molar-refractivity contribution < 1.29 is 9.47 Å². The molecular formula is C12H21NO2. The van der Waals surface area contributed by atoms with Crippen LogP contribution in [-0.2, 0) is 9.47 Å². The number of hydrogen-bond donors (Lipinski definition) is 1. The molecule has 1 saturated carbocycles. The predicted molar refractivity (Wildman–Crippen MR) is 57.8 cm³/mol. The summed E-state index contributed by atoms with van der Waals surface area (Å²) in [6.45, 7) is 4.78. The topological polar surface area (TPSA) is 30.5 Å². The van der Waals surface area contributed by atoms with E-state index in [9.17, 15) is 0 Å². The van der Waals surface area contributed by atoms with Gasteiger partial charge in [0, 0.05) is 18.5 Å². The highest BCUT2D eigenvalue weighted by molar-refractivity contribution is 5.00. The Bertz CT molecular complexity index is 216. The molecule has 0 amide bonds. The van der Waals surface area contributed by atoms with Gasteiger partial charge in [-0.25, -0.2) is 0 Å². The predicted octanol–water partition coefficient (Wildman–Crippen LogP) is 1.18. The van der Waals surface area contributed by atoms with E-state index in [2.05, 4.69) is 5.32 Å². The van der Waals surface area contributed by atoms with E-state index < -0.39 is 0 Å². The molecule has 3 heteroatoms. The van der Waals surface area contributed by atoms with Crippen LogP contribution in [0.15, 0.2) is 0 Å². The Morgan fingerprint density at radius 1 is 1.13 bits per heavy atom. The third-order valence-corrected chi connectivity index (χ3v) is 4.48. The molecule has 3 rings (SSSR count). The van der Waals surface area contributed by atoms with Crippen LogP contribution in [0.25, 0.3) is 0 Å². The van der Waals surface area contributed by atoms with Crippen molar-refractivity contribution in [2.75, 3.05) is 32.9 Å². The molecule has 1 N–H and O–H groups in total. The minimum atomic E-state index is 0.365. The van der Waals surface area contributed by atoms with Crippen molar-refractivity contribution >= 4 is 0 Å². The molecule has 0 radical (unpaired) electrons. The minimum Gasteiger partial charge on any atom is -0.380 e. The minimum absolute atomic E-state index is 0.365. The summed E-state index contributed by atoms with van der Waals surface area (Å²) < 4.78 is 11.5. The Balaban J connectivity index is 1.72. The first-order valence-electron chi connectivity index (χ1n) is 6.32. The molecule has 1 atom stereocenters. The summed E-state index contributed by atoms with van der Waals surface area (Å²) in [5.74, 6) is 0.858. The van der Waals surface area contributed by atoms with Crippen molar-refractivity contribution in [2.24, 2.45) is 11.3 Å². The summed E-state index contributed by atoms with van der Waals surface area (Å²) in [4.78, 5) is 0. The van der Waals surface area contributed by atoms with Gasteiger partial charge in [0.1, 0.15) is 0 Å². The lowest BCUT2D eigenvalue weighted by Crippen LogP contribution is -2.61. The van der Waals surface area contributed by atoms with E-state index >= 15 is 0 Å². The number of nitrogens with one attached hydrogen (secondary N) is 1. The van der Waals surface area contributed by atoms with Gasteiger partial charge in [0.15, 0.2) is 0 Å². The van der Waals surface area contributed by atoms with Gasteiger partial charge in [-0.05, 0) is 18.8 Å². The van der Waals surface area contributed by atoms with Crippen LogP contribution in [0.4, 0.5) is 0 Å². The van der Waals surface area contributed by atoms with Crippen LogP contribution in [0.1, 0.15) is 25.7 Å². The second kappa shape index (κ2) is 4.04. The molecule has 2 heterocycles. The van der Waals surface area contributed by atoms with Crippen molar-refractivity contribution in [1.82, 2.24) is 5.32 Å². The molecule has 0 aromatic carbocycles. The maximum Gasteiger partial charge on any atom is 0.0803 e. The lowest BCUT2D eigenvalue weighted by Gasteiger charge is -2.51. The lowest BCUT2D eigenvalue weighted by atomic mass is 9.68. The first-order chi connectivity index (χ1) is 7.42. The second-order valence-corrected chi connectivity index (χ2v) is 5.27. The van der Waals surface area contributed by atoms with Crippen molar-refractivity contribution in [3.05, 3.63) is 0 Å². The zero-order chi connectivity index (χ0) is 10.1. The summed E-state index contributed by atoms with van der Waals surface area (Å²) in [5, 5.41) is 3.45. The molecule has 86 valence electrons. The Morgan fingerprint density at radius 3 is 2.47 bits per heavy atom. The fourth-order valence-electron chi connectivity index (χ4n) is 3.46. The van der Waals surface area contributed by atoms with Gasteiger partial charge in [0.05, 0.1) is 25.9 Å². The quantitative estimate of drug-likeness (QED) is 0.744. The van der Waals surface area contributed by atoms with E-state index in [1.165, 1.54) is 25.7 Å². The van der Waals surface area contributed by atoms with Crippen LogP contribution < -0.4 is 5.32 Å². The zero-order valence-corrected chi connectivity index (χ0v) is 9.34. The Morgan fingerprint density at radius 2 is 1.93 bits per heavy atom. The van der Waals surface area contributed by atoms with Gasteiger partial charge in [0.25, 0.3) is 0 Å². The van der Waals surface area contributed by atoms with Crippen LogP contribution in [-0.4, -0.2) is 39.0 Å². The fourth-order valence-corrected chi connectivity index (χ4v) is 3.46. The monoisotopic (exact) mass is 211 g/mol. The molecule has 3 fully saturated rings. The van der Waals surface area contributed by atoms with Crippen LogP contribution in [0, 0.1) is 11.3 Å². The molecule has 0 spiro atoms. The maximum atomic E-state index is 5.96. The fraction of sp³-hybridized carbons (Fsp3) is 1.00. The third kappa shape index (κ3) is 1.61. The Hall–Kier alpha value is -0.120. The molecule has 0 aromatic heterocycles. The number of ether oxygens (including phenoxy) is 2. The van der Waals surface area contributed by atoms with Crippen molar-refractivity contribution in [3.8, 4) is 0 Å². The SMILES string of the molecule is C1CCC(C2(C3CNCCO3)COC2)C1. The van der Waals surface area contributed by atoms with Gasteiger partial charge >= 0.3 is 0 Å². The first kappa shape index (κ1) is 10.1. The molecule has 15 heavy (non-hydrogen) atoms. The largest absolute Gasteiger partial charge is 0.380 e. The van der Waals surface area contributed by atoms with Crippen LogP contribution in [0.5, 0.6) is 0 Å². The normalized spacial score (nSPS) is 36.4. The highest BCUT2D eigenvalue weighted by Gasteiger charge is 2.52. The van der Waals surface area contributed by atoms with E-state index in [1.807, 2.05) is 0 Å². The van der Waals surface area contributed by atoms with Gasteiger partial charge in [-0.2, -0.15) is 0 Å². The van der Waals surface area contributed by atoms with E-state index in [0.717, 1.165) is 38.8 Å². The zero-order valence-electron chi connectivity index (χ0n) is 9.34. The molecule has 3 aliphatic rings. The lowest BCUT2D eigenvalue weighted by molar-refractivity contribution is -0.218. The second-order valence-electron chi connectivity index (χ2n) is 5.27. The summed E-state index contributed by atoms with van der Waals surface area (Å²) in [7, 11) is 0. The summed E-state index contributed by atoms with van der Waals surface area (Å²) in [6, 6.07) is 0. The smallest absolute Gasteiger partial charge is 0.0803 e. The average Bonchev–Trinajstić information content (AvgIpc) is 2.72. The Kier molecular flexibility index (Phi) is 2.71. The van der Waals surface area contributed by atoms with Crippen molar-refractivity contribution in [1.29, 1.82) is 0 Å². The number of morpholine rings is 1. The number of hydrogen-bond acceptors (Lipinski definition) is 3. The van der Waals surface area contributed by atoms with Gasteiger partial charge in [-0.3, -0.25) is 0 Å². The van der Waals surface area contributed by atoms with E-state index in [4.69, 9.17) is 9.47 Å². The highest BCUT2D eigenvalue weighted by atomic mass is 16.5. The van der Waals surface area contributed by atoms with E-state index in [1.54, 1.807) is 0 Å². The molecule has 0 bridgehead atoms. The van der Waals surface area contributed by atoms with E-state index in [-0.39, 0.29) is 0 Å². The molecular weight excluding hydrogens is 190 g/mol. The van der Waals surface area contributed by atoms with Crippen molar-refractivity contribution in [3.63, 3.8) is 0 Å². The van der Waals surface area contributed by atoms with Crippen LogP contribution in [0.2, 0.25) is 0 Å². The molecule has 2 aliphatic heterocycles. The highest BCUT2D eigenvalue weighted by Crippen LogP contribution is 2.48. The van der Waals surface area contributed by atoms with Gasteiger partial charge in [-0.1, -0.05) is 12.8 Å². The average molecular weight is 211 g/mol. The molecule has 2 saturated heterocycles. The van der Waals surface area contributed by atoms with Crippen molar-refractivity contribution in [2.45, 2.75) is 31.8 Å². The summed E-state index contributed by atoms with van der Waals surface area (Å²) in [5.41, 5.74) is 0.365. The van der Waals surface area contributed by atoms with Crippen LogP contribution >= 0.6 is 0 Å². The van der Waals surface area contributed by atoms with Gasteiger partial charge in [0.2, 0.25) is 0 Å². The first-order valence-corrected chi connectivity index (χ1v) is 6.32. The third-order valence-electron chi connectivity index (χ3n) is 4.48. The van der Waals surface area contributed by atoms with E-state index in [0.29, 0.717) is 11.5 Å². The van der Waals surface area contributed by atoms with Gasteiger partial charge < -0.3 is 14.8 Å². The molecule has 1 unspecified atom stereocenters. The summed E-state index contributed by atoms with van der Waals surface area (Å²) in [6.07, 6.45) is 6.01. The molecule has 0 aromatic rings. The standard InChI is InChI=1S/C12H21NO2/c1-2-4-10(3-1)12(8-14-9-12)11-7-13-5-6-15-11/h10-11,13H,1-9H2. The Labute approximate surface area is 91.5 Å². The number of rotatable bonds is 2. The molecule has 1 aliphatic carbocycles. The molecule has 3 nitrogen and oxygen atoms in total. The van der Waals surface area contributed by atoms with Gasteiger partial charge in [-0.15, -0.1) is 0 Å². The van der Waals surface area contributed by atoms with Crippen LogP contribution in [0.3, 0.4) is 0 Å².